The third-order valence-corrected chi connectivity index (χ3v) is 5.67. The Labute approximate surface area is 149 Å². The smallest absolute Gasteiger partial charge is 0.310 e. The number of hydrogen-bond acceptors (Lipinski definition) is 4. The van der Waals surface area contributed by atoms with Crippen molar-refractivity contribution in [3.05, 3.63) is 22.4 Å². The lowest BCUT2D eigenvalue weighted by molar-refractivity contribution is -0.149. The van der Waals surface area contributed by atoms with E-state index in [4.69, 9.17) is 4.74 Å². The first-order valence-corrected chi connectivity index (χ1v) is 9.52. The summed E-state index contributed by atoms with van der Waals surface area (Å²) in [6.45, 7) is 9.17. The number of ether oxygens (including phenoxy) is 1. The van der Waals surface area contributed by atoms with Gasteiger partial charge in [0.05, 0.1) is 12.5 Å². The van der Waals surface area contributed by atoms with Crippen molar-refractivity contribution in [1.82, 2.24) is 10.2 Å². The molecule has 0 saturated carbocycles. The predicted molar refractivity (Wildman–Crippen MR) is 99.6 cm³/mol. The van der Waals surface area contributed by atoms with E-state index in [0.717, 1.165) is 31.9 Å². The SMILES string of the molecule is CCOC(=O)C1CCCN(C(=NC)NCC(C)(C)c2cccs2)C1. The second-order valence-corrected chi connectivity index (χ2v) is 7.75. The summed E-state index contributed by atoms with van der Waals surface area (Å²) in [6.07, 6.45) is 1.88. The first-order valence-electron chi connectivity index (χ1n) is 8.64. The largest absolute Gasteiger partial charge is 0.466 e. The Bertz CT molecular complexity index is 555. The molecular formula is C18H29N3O2S. The van der Waals surface area contributed by atoms with Gasteiger partial charge in [0, 0.05) is 37.0 Å². The molecule has 0 aliphatic carbocycles. The average Bonchev–Trinajstić information content (AvgIpc) is 3.11. The maximum Gasteiger partial charge on any atom is 0.310 e. The highest BCUT2D eigenvalue weighted by atomic mass is 32.1. The van der Waals surface area contributed by atoms with Crippen LogP contribution in [0.15, 0.2) is 22.5 Å². The Morgan fingerprint density at radius 1 is 1.54 bits per heavy atom. The number of hydrogen-bond donors (Lipinski definition) is 1. The van der Waals surface area contributed by atoms with E-state index in [0.29, 0.717) is 13.2 Å². The number of likely N-dealkylation sites (tertiary alicyclic amines) is 1. The summed E-state index contributed by atoms with van der Waals surface area (Å²) in [6, 6.07) is 4.26. The molecule has 0 radical (unpaired) electrons. The molecule has 0 spiro atoms. The van der Waals surface area contributed by atoms with Crippen LogP contribution in [0.1, 0.15) is 38.5 Å². The fourth-order valence-corrected chi connectivity index (χ4v) is 3.86. The molecule has 1 N–H and O–H groups in total. The van der Waals surface area contributed by atoms with Crippen LogP contribution in [-0.2, 0) is 14.9 Å². The topological polar surface area (TPSA) is 53.9 Å². The van der Waals surface area contributed by atoms with E-state index in [2.05, 4.69) is 46.6 Å². The zero-order valence-electron chi connectivity index (χ0n) is 15.2. The predicted octanol–water partition coefficient (Wildman–Crippen LogP) is 2.88. The maximum atomic E-state index is 12.0. The van der Waals surface area contributed by atoms with E-state index in [-0.39, 0.29) is 17.3 Å². The molecule has 2 rings (SSSR count). The molecule has 2 heterocycles. The number of nitrogens with one attached hydrogen (secondary N) is 1. The molecule has 0 bridgehead atoms. The highest BCUT2D eigenvalue weighted by Gasteiger charge is 2.29. The van der Waals surface area contributed by atoms with Crippen molar-refractivity contribution < 1.29 is 9.53 Å². The summed E-state index contributed by atoms with van der Waals surface area (Å²) >= 11 is 1.78. The molecule has 1 aliphatic heterocycles. The van der Waals surface area contributed by atoms with Crippen LogP contribution in [0, 0.1) is 5.92 Å². The van der Waals surface area contributed by atoms with Crippen LogP contribution >= 0.6 is 11.3 Å². The number of carbonyl (C=O) groups excluding carboxylic acids is 1. The van der Waals surface area contributed by atoms with Crippen LogP contribution in [0.2, 0.25) is 0 Å². The van der Waals surface area contributed by atoms with Gasteiger partial charge in [-0.3, -0.25) is 9.79 Å². The van der Waals surface area contributed by atoms with Crippen molar-refractivity contribution in [2.24, 2.45) is 10.9 Å². The van der Waals surface area contributed by atoms with Crippen molar-refractivity contribution in [2.45, 2.75) is 39.0 Å². The van der Waals surface area contributed by atoms with E-state index in [1.165, 1.54) is 4.88 Å². The number of piperidine rings is 1. The molecule has 1 fully saturated rings. The first-order chi connectivity index (χ1) is 11.5. The van der Waals surface area contributed by atoms with Gasteiger partial charge >= 0.3 is 5.97 Å². The van der Waals surface area contributed by atoms with Gasteiger partial charge in [-0.25, -0.2) is 0 Å². The first kappa shape index (κ1) is 18.8. The minimum Gasteiger partial charge on any atom is -0.466 e. The second-order valence-electron chi connectivity index (χ2n) is 6.80. The summed E-state index contributed by atoms with van der Waals surface area (Å²) in [7, 11) is 1.80. The third kappa shape index (κ3) is 4.72. The fourth-order valence-electron chi connectivity index (χ4n) is 3.01. The van der Waals surface area contributed by atoms with E-state index < -0.39 is 0 Å². The molecule has 1 aromatic heterocycles. The van der Waals surface area contributed by atoms with Gasteiger partial charge in [-0.05, 0) is 31.2 Å². The number of nitrogens with zero attached hydrogens (tertiary/aromatic N) is 2. The Kier molecular flexibility index (Phi) is 6.66. The van der Waals surface area contributed by atoms with E-state index in [9.17, 15) is 4.79 Å². The minimum atomic E-state index is -0.0865. The van der Waals surface area contributed by atoms with Crippen molar-refractivity contribution in [3.63, 3.8) is 0 Å². The van der Waals surface area contributed by atoms with E-state index in [1.54, 1.807) is 18.4 Å². The van der Waals surface area contributed by atoms with Crippen LogP contribution in [-0.4, -0.2) is 50.1 Å². The number of rotatable bonds is 5. The van der Waals surface area contributed by atoms with E-state index >= 15 is 0 Å². The quantitative estimate of drug-likeness (QED) is 0.503. The summed E-state index contributed by atoms with van der Waals surface area (Å²) in [5.41, 5.74) is 0.0421. The van der Waals surface area contributed by atoms with Crippen molar-refractivity contribution in [3.8, 4) is 0 Å². The van der Waals surface area contributed by atoms with Gasteiger partial charge in [0.25, 0.3) is 0 Å². The lowest BCUT2D eigenvalue weighted by atomic mass is 9.91. The molecule has 1 atom stereocenters. The molecule has 1 unspecified atom stereocenters. The van der Waals surface area contributed by atoms with Gasteiger partial charge < -0.3 is 15.0 Å². The highest BCUT2D eigenvalue weighted by Crippen LogP contribution is 2.27. The Morgan fingerprint density at radius 2 is 2.33 bits per heavy atom. The molecule has 1 saturated heterocycles. The minimum absolute atomic E-state index is 0.0421. The Balaban J connectivity index is 1.95. The molecule has 0 amide bonds. The van der Waals surface area contributed by atoms with Crippen LogP contribution < -0.4 is 5.32 Å². The zero-order valence-corrected chi connectivity index (χ0v) is 16.0. The van der Waals surface area contributed by atoms with Crippen molar-refractivity contribution in [2.75, 3.05) is 33.3 Å². The lowest BCUT2D eigenvalue weighted by Crippen LogP contribution is -2.50. The summed E-state index contributed by atoms with van der Waals surface area (Å²) in [5, 5.41) is 5.60. The van der Waals surface area contributed by atoms with Gasteiger partial charge in [-0.15, -0.1) is 11.3 Å². The Hall–Kier alpha value is -1.56. The van der Waals surface area contributed by atoms with E-state index in [1.807, 2.05) is 6.92 Å². The normalized spacial score (nSPS) is 19.2. The molecule has 134 valence electrons. The molecule has 0 aromatic carbocycles. The highest BCUT2D eigenvalue weighted by molar-refractivity contribution is 7.10. The van der Waals surface area contributed by atoms with Crippen LogP contribution in [0.4, 0.5) is 0 Å². The maximum absolute atomic E-state index is 12.0. The third-order valence-electron chi connectivity index (χ3n) is 4.43. The Morgan fingerprint density at radius 3 is 2.96 bits per heavy atom. The summed E-state index contributed by atoms with van der Waals surface area (Å²) in [5.74, 6) is 0.729. The molecule has 1 aromatic rings. The fraction of sp³-hybridized carbons (Fsp3) is 0.667. The van der Waals surface area contributed by atoms with Gasteiger partial charge in [-0.1, -0.05) is 19.9 Å². The number of aliphatic imine (C=N–C) groups is 1. The van der Waals surface area contributed by atoms with Gasteiger partial charge in [0.1, 0.15) is 0 Å². The van der Waals surface area contributed by atoms with Crippen molar-refractivity contribution in [1.29, 1.82) is 0 Å². The van der Waals surface area contributed by atoms with Crippen LogP contribution in [0.3, 0.4) is 0 Å². The molecular weight excluding hydrogens is 322 g/mol. The van der Waals surface area contributed by atoms with Crippen LogP contribution in [0.25, 0.3) is 0 Å². The monoisotopic (exact) mass is 351 g/mol. The number of esters is 1. The standard InChI is InChI=1S/C18H29N3O2S/c1-5-23-16(22)14-8-6-10-21(12-14)17(19-4)20-13-18(2,3)15-9-7-11-24-15/h7,9,11,14H,5-6,8,10,12-13H2,1-4H3,(H,19,20). The molecule has 1 aliphatic rings. The molecule has 24 heavy (non-hydrogen) atoms. The average molecular weight is 352 g/mol. The van der Waals surface area contributed by atoms with Gasteiger partial charge in [-0.2, -0.15) is 0 Å². The number of thiophene rings is 1. The molecule has 6 heteroatoms. The van der Waals surface area contributed by atoms with Gasteiger partial charge in [0.15, 0.2) is 5.96 Å². The van der Waals surface area contributed by atoms with Crippen molar-refractivity contribution >= 4 is 23.3 Å². The van der Waals surface area contributed by atoms with Crippen LogP contribution in [0.5, 0.6) is 0 Å². The number of carbonyl (C=O) groups is 1. The van der Waals surface area contributed by atoms with Gasteiger partial charge in [0.2, 0.25) is 0 Å². The molecule has 5 nitrogen and oxygen atoms in total. The zero-order chi connectivity index (χ0) is 17.6. The lowest BCUT2D eigenvalue weighted by Gasteiger charge is -2.35. The summed E-state index contributed by atoms with van der Waals surface area (Å²) < 4.78 is 5.18. The summed E-state index contributed by atoms with van der Waals surface area (Å²) in [4.78, 5) is 20.0. The number of guanidine groups is 1. The second kappa shape index (κ2) is 8.51.